The quantitative estimate of drug-likeness (QED) is 0.119. The third-order valence-corrected chi connectivity index (χ3v) is 26.9. The molecule has 2 fully saturated rings. The highest BCUT2D eigenvalue weighted by Gasteiger charge is 2.52. The molecule has 4 N–H and O–H groups in total. The fourth-order valence-electron chi connectivity index (χ4n) is 16.3. The highest BCUT2D eigenvalue weighted by atomic mass is 35.5. The lowest BCUT2D eigenvalue weighted by Crippen LogP contribution is -2.51. The molecule has 6 aromatic rings. The van der Waals surface area contributed by atoms with Gasteiger partial charge in [0.1, 0.15) is 34.3 Å². The Morgan fingerprint density at radius 3 is 1.35 bits per heavy atom. The molecule has 4 aliphatic carbocycles. The number of aliphatic hydroxyl groups is 2. The Labute approximate surface area is 571 Å². The normalized spacial score (nSPS) is 32.1. The second-order valence-electron chi connectivity index (χ2n) is 28.4. The molecule has 508 valence electrons. The Morgan fingerprint density at radius 2 is 0.979 bits per heavy atom. The lowest BCUT2D eigenvalue weighted by molar-refractivity contribution is -0.0532. The second-order valence-corrected chi connectivity index (χ2v) is 33.4. The molecule has 0 unspecified atom stereocenters. The number of aryl methyl sites for hydroxylation is 2. The molecule has 16 nitrogen and oxygen atoms in total. The lowest BCUT2D eigenvalue weighted by atomic mass is 9.63. The number of carbonyl (C=O) groups excluding carboxylic acids is 2. The van der Waals surface area contributed by atoms with Crippen LogP contribution in [-0.4, -0.2) is 98.7 Å². The van der Waals surface area contributed by atoms with Crippen LogP contribution in [0.25, 0.3) is 0 Å². The highest BCUT2D eigenvalue weighted by Crippen LogP contribution is 2.53. The number of amides is 2. The summed E-state index contributed by atoms with van der Waals surface area (Å²) in [7, 11) is -8.07. The van der Waals surface area contributed by atoms with E-state index in [2.05, 4.69) is 41.3 Å². The summed E-state index contributed by atoms with van der Waals surface area (Å²) in [5, 5.41) is 24.5. The molecule has 8 aliphatic rings. The minimum atomic E-state index is -4.04. The van der Waals surface area contributed by atoms with Crippen molar-refractivity contribution < 1.29 is 54.9 Å². The van der Waals surface area contributed by atoms with Gasteiger partial charge in [0.05, 0.1) is 58.9 Å². The number of sulfonamides is 2. The van der Waals surface area contributed by atoms with Gasteiger partial charge in [-0.1, -0.05) is 73.5 Å². The maximum atomic E-state index is 14.0. The summed E-state index contributed by atoms with van der Waals surface area (Å²) in [6.45, 7) is 9.92. The average Bonchev–Trinajstić information content (AvgIpc) is 1.29. The summed E-state index contributed by atoms with van der Waals surface area (Å²) in [5.41, 5.74) is 3.66. The van der Waals surface area contributed by atoms with E-state index in [1.54, 1.807) is 88.4 Å². The van der Waals surface area contributed by atoms with E-state index in [0.29, 0.717) is 96.5 Å². The third kappa shape index (κ3) is 13.0. The van der Waals surface area contributed by atoms with Gasteiger partial charge in [0.2, 0.25) is 20.0 Å². The molecule has 6 heterocycles. The van der Waals surface area contributed by atoms with Crippen LogP contribution in [0.15, 0.2) is 134 Å². The van der Waals surface area contributed by atoms with Crippen molar-refractivity contribution in [2.24, 2.45) is 35.5 Å². The van der Waals surface area contributed by atoms with Crippen LogP contribution in [0.2, 0.25) is 10.0 Å². The number of rotatable bonds is 2. The van der Waals surface area contributed by atoms with E-state index in [4.69, 9.17) is 32.7 Å². The summed E-state index contributed by atoms with van der Waals surface area (Å²) < 4.78 is 99.3. The molecular weight excluding hydrogens is 1310 g/mol. The Hall–Kier alpha value is -6.94. The van der Waals surface area contributed by atoms with Crippen LogP contribution < -0.4 is 28.7 Å². The van der Waals surface area contributed by atoms with Gasteiger partial charge in [-0.2, -0.15) is 0 Å². The first-order chi connectivity index (χ1) is 45.8. The third-order valence-electron chi connectivity index (χ3n) is 22.6. The number of aromatic nitrogens is 2. The predicted octanol–water partition coefficient (Wildman–Crippen LogP) is 12.6. The van der Waals surface area contributed by atoms with Crippen molar-refractivity contribution in [3.63, 3.8) is 0 Å². The molecule has 4 aromatic carbocycles. The van der Waals surface area contributed by atoms with Crippen molar-refractivity contribution in [1.82, 2.24) is 19.4 Å². The molecule has 0 saturated heterocycles. The topological polar surface area (TPSA) is 218 Å². The first-order valence-electron chi connectivity index (χ1n) is 33.5. The van der Waals surface area contributed by atoms with Gasteiger partial charge >= 0.3 is 0 Å². The van der Waals surface area contributed by atoms with Crippen LogP contribution >= 0.6 is 23.2 Å². The minimum absolute atomic E-state index is 0.0323. The summed E-state index contributed by atoms with van der Waals surface area (Å²) in [6.07, 6.45) is 18.7. The number of anilines is 2. The number of ether oxygens (including phenoxy) is 2. The van der Waals surface area contributed by atoms with Crippen molar-refractivity contribution >= 4 is 66.4 Å². The second kappa shape index (κ2) is 26.4. The molecule has 2 spiro atoms. The van der Waals surface area contributed by atoms with Crippen LogP contribution in [0.5, 0.6) is 11.5 Å². The van der Waals surface area contributed by atoms with Gasteiger partial charge in [-0.05, 0) is 222 Å². The highest BCUT2D eigenvalue weighted by molar-refractivity contribution is 7.91. The van der Waals surface area contributed by atoms with Gasteiger partial charge in [0, 0.05) is 70.0 Å². The molecule has 2 amide bonds. The summed E-state index contributed by atoms with van der Waals surface area (Å²) in [4.78, 5) is 40.1. The smallest absolute Gasteiger partial charge is 0.264 e. The van der Waals surface area contributed by atoms with Gasteiger partial charge in [-0.3, -0.25) is 19.6 Å². The van der Waals surface area contributed by atoms with Crippen LogP contribution in [0.3, 0.4) is 0 Å². The largest absolute Gasteiger partial charge is 0.490 e. The summed E-state index contributed by atoms with van der Waals surface area (Å²) in [6, 6.07) is 28.0. The van der Waals surface area contributed by atoms with Crippen LogP contribution in [0.4, 0.5) is 20.2 Å². The van der Waals surface area contributed by atoms with Gasteiger partial charge in [0.25, 0.3) is 11.8 Å². The first kappa shape index (κ1) is 67.6. The number of halogens is 4. The molecule has 0 radical (unpaired) electrons. The van der Waals surface area contributed by atoms with Crippen molar-refractivity contribution in [3.05, 3.63) is 200 Å². The molecule has 12 atom stereocenters. The maximum absolute atomic E-state index is 14.0. The van der Waals surface area contributed by atoms with Crippen LogP contribution in [0.1, 0.15) is 146 Å². The maximum Gasteiger partial charge on any atom is 0.264 e. The molecule has 96 heavy (non-hydrogen) atoms. The molecule has 22 heteroatoms. The minimum Gasteiger partial charge on any atom is -0.490 e. The summed E-state index contributed by atoms with van der Waals surface area (Å²) in [5.74, 6) is -2.27. The Kier molecular flexibility index (Phi) is 18.6. The SMILES string of the molecule is C[C@@H]1[C@@H](C)C/C=C/[C@@](O)(c2ccc(F)cn2)[C@@H]2CC[C@H]2CN2C[C@@]3(CCCc4cc(Cl)ccc43)COc3ccc(cc32)C(=O)NS1(=O)=O.C[C@@H]1[C@@H](C)C/C=C/[C@](O)(c2ccc(F)cn2)[C@@H]2CC[C@H]2CN2C[C@@]3(CCCc4cc(Cl)ccc43)COc3ccc(cc32)C(=O)NS1(=O)=O. The zero-order valence-electron chi connectivity index (χ0n) is 54.3. The number of nitrogens with one attached hydrogen (secondary N) is 2. The van der Waals surface area contributed by atoms with E-state index in [1.807, 2.05) is 24.3 Å². The number of fused-ring (bicyclic) bond motifs is 8. The van der Waals surface area contributed by atoms with Crippen LogP contribution in [0, 0.1) is 47.1 Å². The average molecular weight is 1390 g/mol. The number of pyridine rings is 2. The standard InChI is InChI=1S/2C37H41ClFN3O5S/c2*1-23-5-3-16-37(44,34-14-10-29(39)19-40-34)31-11-7-27(31)20-42-21-36(15-4-6-25-17-28(38)9-12-30(25)36)22-47-33-13-8-26(18-32(33)42)35(43)41-48(45,46)24(23)2/h2*3,8-10,12-14,16-19,23-24,27,31,44H,4-7,11,15,20-22H2,1-2H3,(H,41,43)/b2*16-3+/t23-,24+,27-,31+,36-,37+;23-,24+,27-,31+,36-,37-/m00/s1. The van der Waals surface area contributed by atoms with Gasteiger partial charge in [-0.25, -0.2) is 35.1 Å². The Balaban J connectivity index is 0.000000174. The number of benzene rings is 4. The van der Waals surface area contributed by atoms with E-state index in [0.717, 1.165) is 76.6 Å². The zero-order valence-corrected chi connectivity index (χ0v) is 57.5. The first-order valence-corrected chi connectivity index (χ1v) is 37.4. The van der Waals surface area contributed by atoms with Gasteiger partial charge < -0.3 is 29.5 Å². The molecule has 2 saturated carbocycles. The molecule has 14 rings (SSSR count). The van der Waals surface area contributed by atoms with Crippen molar-refractivity contribution in [2.75, 3.05) is 49.2 Å². The number of nitrogens with zero attached hydrogens (tertiary/aromatic N) is 4. The van der Waals surface area contributed by atoms with Gasteiger partial charge in [0.15, 0.2) is 0 Å². The number of hydrogen-bond donors (Lipinski definition) is 4. The van der Waals surface area contributed by atoms with Crippen molar-refractivity contribution in [1.29, 1.82) is 0 Å². The van der Waals surface area contributed by atoms with E-state index in [9.17, 15) is 45.4 Å². The fourth-order valence-corrected chi connectivity index (χ4v) is 19.3. The number of hydrogen-bond acceptors (Lipinski definition) is 14. The Morgan fingerprint density at radius 1 is 0.562 bits per heavy atom. The van der Waals surface area contributed by atoms with Gasteiger partial charge in [-0.15, -0.1) is 0 Å². The number of carbonyl (C=O) groups is 2. The van der Waals surface area contributed by atoms with E-state index < -0.39 is 65.2 Å². The zero-order chi connectivity index (χ0) is 67.7. The molecule has 4 bridgehead atoms. The van der Waals surface area contributed by atoms with E-state index in [1.165, 1.54) is 46.5 Å². The van der Waals surface area contributed by atoms with Crippen molar-refractivity contribution in [3.8, 4) is 11.5 Å². The van der Waals surface area contributed by atoms with Crippen molar-refractivity contribution in [2.45, 2.75) is 137 Å². The van der Waals surface area contributed by atoms with E-state index in [-0.39, 0.29) is 57.5 Å². The lowest BCUT2D eigenvalue weighted by Gasteiger charge is -2.49. The fraction of sp³-hybridized carbons (Fsp3) is 0.459. The molecule has 4 aliphatic heterocycles. The summed E-state index contributed by atoms with van der Waals surface area (Å²) >= 11 is 12.8. The van der Waals surface area contributed by atoms with E-state index >= 15 is 0 Å². The molecular formula is C74H82Cl2F2N6O10S2. The molecule has 2 aromatic heterocycles. The number of allylic oxidation sites excluding steroid dienone is 2. The predicted molar refractivity (Wildman–Crippen MR) is 367 cm³/mol. The van der Waals surface area contributed by atoms with Crippen LogP contribution in [-0.2, 0) is 54.9 Å². The monoisotopic (exact) mass is 1390 g/mol. The Bertz CT molecular complexity index is 4010.